The number of thiophene rings is 1. The molecular weight excluding hydrogens is 379 g/mol. The van der Waals surface area contributed by atoms with Gasteiger partial charge in [-0.05, 0) is 40.2 Å². The lowest BCUT2D eigenvalue weighted by atomic mass is 10.3. The summed E-state index contributed by atoms with van der Waals surface area (Å²) in [5.74, 6) is -0.709. The largest absolute Gasteiger partial charge is 0.399 e. The van der Waals surface area contributed by atoms with Crippen LogP contribution in [-0.4, -0.2) is 8.42 Å². The first-order chi connectivity index (χ1) is 8.79. The Morgan fingerprint density at radius 2 is 2.05 bits per heavy atom. The van der Waals surface area contributed by atoms with E-state index in [9.17, 15) is 12.8 Å². The maximum Gasteiger partial charge on any atom is 0.271 e. The van der Waals surface area contributed by atoms with E-state index < -0.39 is 15.8 Å². The molecule has 0 spiro atoms. The molecule has 1 heterocycles. The van der Waals surface area contributed by atoms with E-state index in [4.69, 9.17) is 17.3 Å². The average molecular weight is 386 g/mol. The third-order valence-corrected chi connectivity index (χ3v) is 6.44. The highest BCUT2D eigenvalue weighted by Crippen LogP contribution is 2.35. The summed E-state index contributed by atoms with van der Waals surface area (Å²) in [6.45, 7) is 0. The van der Waals surface area contributed by atoms with Gasteiger partial charge in [-0.25, -0.2) is 12.8 Å². The molecule has 102 valence electrons. The average Bonchev–Trinajstić information content (AvgIpc) is 2.65. The Morgan fingerprint density at radius 1 is 1.37 bits per heavy atom. The van der Waals surface area contributed by atoms with Crippen molar-refractivity contribution >= 4 is 60.3 Å². The van der Waals surface area contributed by atoms with Gasteiger partial charge < -0.3 is 5.73 Å². The van der Waals surface area contributed by atoms with Gasteiger partial charge in [-0.1, -0.05) is 11.6 Å². The van der Waals surface area contributed by atoms with Crippen LogP contribution in [0.1, 0.15) is 0 Å². The summed E-state index contributed by atoms with van der Waals surface area (Å²) in [7, 11) is -3.90. The summed E-state index contributed by atoms with van der Waals surface area (Å²) < 4.78 is 40.2. The summed E-state index contributed by atoms with van der Waals surface area (Å²) >= 11 is 9.82. The van der Waals surface area contributed by atoms with Crippen molar-refractivity contribution < 1.29 is 12.8 Å². The molecule has 0 radical (unpaired) electrons. The Kier molecular flexibility index (Phi) is 4.05. The van der Waals surface area contributed by atoms with Gasteiger partial charge in [-0.2, -0.15) is 0 Å². The van der Waals surface area contributed by atoms with E-state index in [-0.39, 0.29) is 20.6 Å². The van der Waals surface area contributed by atoms with E-state index in [0.29, 0.717) is 3.79 Å². The van der Waals surface area contributed by atoms with Gasteiger partial charge in [0, 0.05) is 5.69 Å². The molecule has 0 unspecified atom stereocenters. The number of nitrogen functional groups attached to an aromatic ring is 1. The second-order valence-electron chi connectivity index (χ2n) is 3.53. The predicted octanol–water partition coefficient (Wildman–Crippen LogP) is 3.69. The van der Waals surface area contributed by atoms with Crippen molar-refractivity contribution in [3.63, 3.8) is 0 Å². The fraction of sp³-hybridized carbons (Fsp3) is 0. The van der Waals surface area contributed by atoms with Crippen molar-refractivity contribution in [2.24, 2.45) is 0 Å². The van der Waals surface area contributed by atoms with Crippen LogP contribution in [-0.2, 0) is 10.0 Å². The molecule has 0 aliphatic rings. The third kappa shape index (κ3) is 3.19. The smallest absolute Gasteiger partial charge is 0.271 e. The molecule has 0 aliphatic heterocycles. The molecule has 2 aromatic rings. The van der Waals surface area contributed by atoms with Gasteiger partial charge in [-0.3, -0.25) is 4.72 Å². The molecule has 4 nitrogen and oxygen atoms in total. The first-order valence-electron chi connectivity index (χ1n) is 4.82. The fourth-order valence-corrected chi connectivity index (χ4v) is 4.73. The van der Waals surface area contributed by atoms with Crippen LogP contribution >= 0.6 is 38.9 Å². The van der Waals surface area contributed by atoms with Gasteiger partial charge in [0.05, 0.1) is 14.5 Å². The second kappa shape index (κ2) is 5.28. The topological polar surface area (TPSA) is 72.2 Å². The van der Waals surface area contributed by atoms with Crippen LogP contribution in [0.15, 0.2) is 32.3 Å². The first kappa shape index (κ1) is 14.6. The van der Waals surface area contributed by atoms with Crippen LogP contribution in [0, 0.1) is 5.82 Å². The molecule has 19 heavy (non-hydrogen) atoms. The maximum absolute atomic E-state index is 13.5. The van der Waals surface area contributed by atoms with Gasteiger partial charge in [0.1, 0.15) is 10.0 Å². The predicted molar refractivity (Wildman–Crippen MR) is 78.6 cm³/mol. The molecular formula is C10H7BrClFN2O2S2. The van der Waals surface area contributed by atoms with E-state index in [2.05, 4.69) is 20.7 Å². The van der Waals surface area contributed by atoms with Gasteiger partial charge in [0.25, 0.3) is 10.0 Å². The number of hydrogen-bond donors (Lipinski definition) is 2. The third-order valence-electron chi connectivity index (χ3n) is 2.12. The zero-order valence-electron chi connectivity index (χ0n) is 9.15. The summed E-state index contributed by atoms with van der Waals surface area (Å²) in [5.41, 5.74) is 5.53. The number of halogens is 3. The van der Waals surface area contributed by atoms with Gasteiger partial charge in [-0.15, -0.1) is 11.3 Å². The minimum Gasteiger partial charge on any atom is -0.399 e. The van der Waals surface area contributed by atoms with E-state index >= 15 is 0 Å². The number of anilines is 2. The summed E-state index contributed by atoms with van der Waals surface area (Å²) in [4.78, 5) is 0. The van der Waals surface area contributed by atoms with Gasteiger partial charge in [0.2, 0.25) is 0 Å². The first-order valence-corrected chi connectivity index (χ1v) is 8.29. The second-order valence-corrected chi connectivity index (χ2v) is 8.22. The van der Waals surface area contributed by atoms with E-state index in [1.807, 2.05) is 0 Å². The standard InChI is InChI=1S/C10H7BrClFN2O2S2/c11-10-6(12)4-9(18-10)19(16,17)15-8-3-5(14)1-2-7(8)13/h1-4,15H,14H2. The van der Waals surface area contributed by atoms with Crippen molar-refractivity contribution in [3.8, 4) is 0 Å². The Labute approximate surface area is 126 Å². The number of nitrogens with one attached hydrogen (secondary N) is 1. The Hall–Kier alpha value is -0.830. The molecule has 1 aromatic heterocycles. The van der Waals surface area contributed by atoms with Gasteiger partial charge >= 0.3 is 0 Å². The monoisotopic (exact) mass is 384 g/mol. The Morgan fingerprint density at radius 3 is 2.63 bits per heavy atom. The molecule has 9 heteroatoms. The highest BCUT2D eigenvalue weighted by Gasteiger charge is 2.20. The number of nitrogens with two attached hydrogens (primary N) is 1. The van der Waals surface area contributed by atoms with Crippen LogP contribution in [0.5, 0.6) is 0 Å². The van der Waals surface area contributed by atoms with Crippen LogP contribution in [0.3, 0.4) is 0 Å². The lowest BCUT2D eigenvalue weighted by molar-refractivity contribution is 0.600. The molecule has 0 bridgehead atoms. The zero-order valence-corrected chi connectivity index (χ0v) is 13.1. The number of hydrogen-bond acceptors (Lipinski definition) is 4. The molecule has 3 N–H and O–H groups in total. The minimum atomic E-state index is -3.90. The number of sulfonamides is 1. The van der Waals surface area contributed by atoms with Crippen LogP contribution < -0.4 is 10.5 Å². The van der Waals surface area contributed by atoms with Gasteiger partial charge in [0.15, 0.2) is 0 Å². The van der Waals surface area contributed by atoms with Crippen molar-refractivity contribution in [2.45, 2.75) is 4.21 Å². The highest BCUT2D eigenvalue weighted by molar-refractivity contribution is 9.11. The fourth-order valence-electron chi connectivity index (χ4n) is 1.28. The van der Waals surface area contributed by atoms with Crippen molar-refractivity contribution in [1.82, 2.24) is 0 Å². The maximum atomic E-state index is 13.5. The molecule has 0 atom stereocenters. The minimum absolute atomic E-state index is 0.0220. The number of benzene rings is 1. The zero-order chi connectivity index (χ0) is 14.2. The van der Waals surface area contributed by atoms with Crippen molar-refractivity contribution in [3.05, 3.63) is 38.9 Å². The molecule has 0 fully saturated rings. The molecule has 1 aromatic carbocycles. The van der Waals surface area contributed by atoms with E-state index in [1.165, 1.54) is 18.2 Å². The van der Waals surface area contributed by atoms with E-state index in [1.54, 1.807) is 0 Å². The summed E-state index contributed by atoms with van der Waals surface area (Å²) in [6.07, 6.45) is 0. The quantitative estimate of drug-likeness (QED) is 0.792. The lowest BCUT2D eigenvalue weighted by Crippen LogP contribution is -2.12. The Bertz CT molecular complexity index is 714. The molecule has 0 saturated carbocycles. The van der Waals surface area contributed by atoms with E-state index in [0.717, 1.165) is 17.4 Å². The van der Waals surface area contributed by atoms with Crippen LogP contribution in [0.2, 0.25) is 5.02 Å². The summed E-state index contributed by atoms with van der Waals surface area (Å²) in [5, 5.41) is 0.276. The molecule has 2 rings (SSSR count). The molecule has 0 saturated heterocycles. The highest BCUT2D eigenvalue weighted by atomic mass is 79.9. The van der Waals surface area contributed by atoms with Crippen LogP contribution in [0.25, 0.3) is 0 Å². The Balaban J connectivity index is 2.39. The summed E-state index contributed by atoms with van der Waals surface area (Å²) in [6, 6.07) is 4.91. The normalized spacial score (nSPS) is 11.5. The van der Waals surface area contributed by atoms with Crippen LogP contribution in [0.4, 0.5) is 15.8 Å². The van der Waals surface area contributed by atoms with Crippen molar-refractivity contribution in [2.75, 3.05) is 10.5 Å². The van der Waals surface area contributed by atoms with Crippen molar-refractivity contribution in [1.29, 1.82) is 0 Å². The lowest BCUT2D eigenvalue weighted by Gasteiger charge is -2.07. The number of rotatable bonds is 3. The molecule has 0 aliphatic carbocycles. The SMILES string of the molecule is Nc1ccc(F)c(NS(=O)(=O)c2cc(Cl)c(Br)s2)c1. The molecule has 0 amide bonds.